The average Bonchev–Trinajstić information content (AvgIpc) is 3.17. The van der Waals surface area contributed by atoms with Gasteiger partial charge < -0.3 is 9.84 Å². The highest BCUT2D eigenvalue weighted by Crippen LogP contribution is 2.26. The van der Waals surface area contributed by atoms with E-state index in [-0.39, 0.29) is 5.91 Å². The average molecular weight is 355 g/mol. The minimum atomic E-state index is -0.417. The van der Waals surface area contributed by atoms with Crippen LogP contribution in [-0.4, -0.2) is 23.0 Å². The summed E-state index contributed by atoms with van der Waals surface area (Å²) >= 11 is 1.71. The van der Waals surface area contributed by atoms with Crippen molar-refractivity contribution in [3.8, 4) is 0 Å². The molecule has 25 heavy (non-hydrogen) atoms. The number of benzene rings is 1. The third-order valence-corrected chi connectivity index (χ3v) is 5.05. The molecule has 0 unspecified atom stereocenters. The Hall–Kier alpha value is -2.44. The quantitative estimate of drug-likeness (QED) is 0.721. The van der Waals surface area contributed by atoms with E-state index in [2.05, 4.69) is 33.7 Å². The minimum Gasteiger partial charge on any atom is -0.360 e. The molecule has 0 saturated heterocycles. The highest BCUT2D eigenvalue weighted by molar-refractivity contribution is 7.10. The van der Waals surface area contributed by atoms with Crippen LogP contribution in [0.4, 0.5) is 5.82 Å². The van der Waals surface area contributed by atoms with Crippen LogP contribution in [0.1, 0.15) is 27.8 Å². The van der Waals surface area contributed by atoms with Gasteiger partial charge in [-0.05, 0) is 43.5 Å². The van der Waals surface area contributed by atoms with Crippen molar-refractivity contribution in [2.24, 2.45) is 0 Å². The van der Waals surface area contributed by atoms with Gasteiger partial charge in [-0.3, -0.25) is 9.69 Å². The largest absolute Gasteiger partial charge is 0.360 e. The Kier molecular flexibility index (Phi) is 5.31. The number of thiophene rings is 1. The Morgan fingerprint density at radius 2 is 2.04 bits per heavy atom. The molecule has 130 valence electrons. The van der Waals surface area contributed by atoms with E-state index in [1.165, 1.54) is 10.4 Å². The van der Waals surface area contributed by atoms with E-state index < -0.39 is 6.04 Å². The summed E-state index contributed by atoms with van der Waals surface area (Å²) in [7, 11) is 1.96. The molecule has 0 fully saturated rings. The third kappa shape index (κ3) is 4.15. The van der Waals surface area contributed by atoms with Gasteiger partial charge in [0, 0.05) is 17.5 Å². The van der Waals surface area contributed by atoms with E-state index in [0.29, 0.717) is 18.1 Å². The van der Waals surface area contributed by atoms with Crippen LogP contribution in [0, 0.1) is 13.8 Å². The molecule has 2 aromatic heterocycles. The number of anilines is 1. The summed E-state index contributed by atoms with van der Waals surface area (Å²) in [5, 5.41) is 8.79. The molecule has 0 bridgehead atoms. The summed E-state index contributed by atoms with van der Waals surface area (Å²) in [6.07, 6.45) is 0. The maximum absolute atomic E-state index is 12.9. The first-order valence-corrected chi connectivity index (χ1v) is 8.95. The zero-order valence-electron chi connectivity index (χ0n) is 14.5. The van der Waals surface area contributed by atoms with Crippen LogP contribution in [-0.2, 0) is 11.3 Å². The first kappa shape index (κ1) is 17.4. The molecule has 5 nitrogen and oxygen atoms in total. The zero-order chi connectivity index (χ0) is 17.8. The summed E-state index contributed by atoms with van der Waals surface area (Å²) in [6.45, 7) is 4.59. The lowest BCUT2D eigenvalue weighted by molar-refractivity contribution is -0.121. The van der Waals surface area contributed by atoms with Gasteiger partial charge in [0.05, 0.1) is 0 Å². The molecular weight excluding hydrogens is 334 g/mol. The van der Waals surface area contributed by atoms with Crippen LogP contribution in [0.3, 0.4) is 0 Å². The number of nitrogens with zero attached hydrogens (tertiary/aromatic N) is 2. The number of hydrogen-bond acceptors (Lipinski definition) is 5. The molecule has 0 saturated carbocycles. The van der Waals surface area contributed by atoms with Crippen LogP contribution in [0.25, 0.3) is 0 Å². The number of carbonyl (C=O) groups is 1. The molecule has 3 rings (SSSR count). The predicted molar refractivity (Wildman–Crippen MR) is 99.6 cm³/mol. The van der Waals surface area contributed by atoms with E-state index in [0.717, 1.165) is 5.56 Å². The van der Waals surface area contributed by atoms with Gasteiger partial charge in [0.25, 0.3) is 0 Å². The Morgan fingerprint density at radius 1 is 1.28 bits per heavy atom. The molecule has 1 aromatic carbocycles. The van der Waals surface area contributed by atoms with E-state index >= 15 is 0 Å². The summed E-state index contributed by atoms with van der Waals surface area (Å²) in [5.74, 6) is 0.967. The Balaban J connectivity index is 1.84. The van der Waals surface area contributed by atoms with Crippen LogP contribution < -0.4 is 5.32 Å². The second-order valence-electron chi connectivity index (χ2n) is 6.07. The lowest BCUT2D eigenvalue weighted by atomic mass is 10.0. The van der Waals surface area contributed by atoms with Crippen molar-refractivity contribution in [3.05, 3.63) is 69.6 Å². The maximum atomic E-state index is 12.9. The number of nitrogens with one attached hydrogen (secondary N) is 1. The van der Waals surface area contributed by atoms with Gasteiger partial charge >= 0.3 is 0 Å². The van der Waals surface area contributed by atoms with Crippen LogP contribution >= 0.6 is 11.3 Å². The molecule has 0 radical (unpaired) electrons. The van der Waals surface area contributed by atoms with Gasteiger partial charge in [0.2, 0.25) is 5.91 Å². The molecule has 0 aliphatic carbocycles. The molecule has 0 aliphatic rings. The first-order valence-electron chi connectivity index (χ1n) is 8.07. The standard InChI is InChI=1S/C19H21N3O2S/c1-13-9-10-25-16(13)12-22(3)18(15-7-5-4-6-8-15)19(23)20-17-11-14(2)24-21-17/h4-11,18H,12H2,1-3H3,(H,20,21,23)/t18-/m0/s1. The topological polar surface area (TPSA) is 58.4 Å². The molecule has 1 N–H and O–H groups in total. The summed E-state index contributed by atoms with van der Waals surface area (Å²) in [6, 6.07) is 13.2. The number of aryl methyl sites for hydroxylation is 2. The van der Waals surface area contributed by atoms with E-state index in [1.807, 2.05) is 37.4 Å². The molecule has 3 aromatic rings. The Labute approximate surface area is 151 Å². The number of aromatic nitrogens is 1. The molecule has 1 amide bonds. The van der Waals surface area contributed by atoms with E-state index in [4.69, 9.17) is 4.52 Å². The monoisotopic (exact) mass is 355 g/mol. The minimum absolute atomic E-state index is 0.129. The second-order valence-corrected chi connectivity index (χ2v) is 7.07. The van der Waals surface area contributed by atoms with Gasteiger partial charge in [0.1, 0.15) is 11.8 Å². The van der Waals surface area contributed by atoms with Crippen LogP contribution in [0.5, 0.6) is 0 Å². The molecule has 1 atom stereocenters. The van der Waals surface area contributed by atoms with Gasteiger partial charge in [-0.1, -0.05) is 35.5 Å². The van der Waals surface area contributed by atoms with E-state index in [1.54, 1.807) is 24.3 Å². The van der Waals surface area contributed by atoms with Crippen LogP contribution in [0.2, 0.25) is 0 Å². The lowest BCUT2D eigenvalue weighted by Gasteiger charge is -2.27. The van der Waals surface area contributed by atoms with Gasteiger partial charge in [0.15, 0.2) is 5.82 Å². The first-order chi connectivity index (χ1) is 12.0. The van der Waals surface area contributed by atoms with Crippen molar-refractivity contribution in [1.29, 1.82) is 0 Å². The molecule has 2 heterocycles. The zero-order valence-corrected chi connectivity index (χ0v) is 15.3. The van der Waals surface area contributed by atoms with Crippen molar-refractivity contribution in [3.63, 3.8) is 0 Å². The highest BCUT2D eigenvalue weighted by Gasteiger charge is 2.26. The fourth-order valence-electron chi connectivity index (χ4n) is 2.75. The maximum Gasteiger partial charge on any atom is 0.247 e. The molecular formula is C19H21N3O2S. The number of likely N-dealkylation sites (N-methyl/N-ethyl adjacent to an activating group) is 1. The number of amides is 1. The predicted octanol–water partition coefficient (Wildman–Crippen LogP) is 4.16. The number of rotatable bonds is 6. The fraction of sp³-hybridized carbons (Fsp3) is 0.263. The summed E-state index contributed by atoms with van der Waals surface area (Å²) in [5.41, 5.74) is 2.19. The molecule has 0 spiro atoms. The smallest absolute Gasteiger partial charge is 0.247 e. The highest BCUT2D eigenvalue weighted by atomic mass is 32.1. The molecule has 6 heteroatoms. The Morgan fingerprint density at radius 3 is 2.64 bits per heavy atom. The van der Waals surface area contributed by atoms with Gasteiger partial charge in [-0.25, -0.2) is 0 Å². The van der Waals surface area contributed by atoms with Crippen molar-refractivity contribution < 1.29 is 9.32 Å². The SMILES string of the molecule is Cc1cc(NC(=O)[C@H](c2ccccc2)N(C)Cc2sccc2C)no1. The number of carbonyl (C=O) groups excluding carboxylic acids is 1. The normalized spacial score (nSPS) is 12.3. The summed E-state index contributed by atoms with van der Waals surface area (Å²) in [4.78, 5) is 16.3. The second kappa shape index (κ2) is 7.63. The number of hydrogen-bond donors (Lipinski definition) is 1. The lowest BCUT2D eigenvalue weighted by Crippen LogP contribution is -2.34. The van der Waals surface area contributed by atoms with Crippen molar-refractivity contribution in [2.45, 2.75) is 26.4 Å². The third-order valence-electron chi connectivity index (χ3n) is 4.04. The van der Waals surface area contributed by atoms with Crippen LogP contribution in [0.15, 0.2) is 52.4 Å². The fourth-order valence-corrected chi connectivity index (χ4v) is 3.71. The van der Waals surface area contributed by atoms with Crippen molar-refractivity contribution >= 4 is 23.1 Å². The molecule has 0 aliphatic heterocycles. The summed E-state index contributed by atoms with van der Waals surface area (Å²) < 4.78 is 5.04. The van der Waals surface area contributed by atoms with Crippen molar-refractivity contribution in [1.82, 2.24) is 10.1 Å². The van der Waals surface area contributed by atoms with E-state index in [9.17, 15) is 4.79 Å². The van der Waals surface area contributed by atoms with Gasteiger partial charge in [-0.15, -0.1) is 11.3 Å². The van der Waals surface area contributed by atoms with Gasteiger partial charge in [-0.2, -0.15) is 0 Å². The Bertz CT molecular complexity index is 841. The van der Waals surface area contributed by atoms with Crippen molar-refractivity contribution in [2.75, 3.05) is 12.4 Å².